The Morgan fingerprint density at radius 3 is 2.17 bits per heavy atom. The summed E-state index contributed by atoms with van der Waals surface area (Å²) < 4.78 is 62.4. The second-order valence-corrected chi connectivity index (χ2v) is 8.87. The number of carboxylic acids is 1. The summed E-state index contributed by atoms with van der Waals surface area (Å²) in [5, 5.41) is 9.96. The highest BCUT2D eigenvalue weighted by atomic mass is 32.2. The number of alkyl halides is 3. The molecule has 3 rings (SSSR count). The van der Waals surface area contributed by atoms with E-state index in [-0.39, 0.29) is 11.3 Å². The molecular formula is C21H17F3O4S. The van der Waals surface area contributed by atoms with Gasteiger partial charge in [0.2, 0.25) is 0 Å². The van der Waals surface area contributed by atoms with E-state index in [4.69, 9.17) is 5.11 Å². The second-order valence-electron chi connectivity index (χ2n) is 6.85. The fourth-order valence-electron chi connectivity index (χ4n) is 3.19. The first-order valence-electron chi connectivity index (χ1n) is 8.57. The average Bonchev–Trinajstić information content (AvgIpc) is 2.59. The van der Waals surface area contributed by atoms with Crippen LogP contribution in [0.4, 0.5) is 13.2 Å². The maximum absolute atomic E-state index is 13.1. The number of fused-ring (bicyclic) bond motifs is 1. The molecular weight excluding hydrogens is 405 g/mol. The zero-order valence-electron chi connectivity index (χ0n) is 15.3. The molecule has 4 nitrogen and oxygen atoms in total. The molecule has 152 valence electrons. The molecule has 0 radical (unpaired) electrons. The number of hydrogen-bond donors (Lipinski definition) is 1. The van der Waals surface area contributed by atoms with Crippen molar-refractivity contribution in [2.45, 2.75) is 23.9 Å². The van der Waals surface area contributed by atoms with Gasteiger partial charge in [-0.3, -0.25) is 4.79 Å². The van der Waals surface area contributed by atoms with E-state index >= 15 is 0 Å². The third-order valence-corrected chi connectivity index (χ3v) is 5.66. The fraction of sp³-hybridized carbons (Fsp3) is 0.190. The van der Waals surface area contributed by atoms with E-state index < -0.39 is 27.5 Å². The molecule has 0 atom stereocenters. The van der Waals surface area contributed by atoms with E-state index in [0.29, 0.717) is 28.3 Å². The van der Waals surface area contributed by atoms with Crippen molar-refractivity contribution in [2.75, 3.05) is 6.26 Å². The van der Waals surface area contributed by atoms with Crippen molar-refractivity contribution in [3.8, 4) is 0 Å². The molecule has 3 aromatic carbocycles. The van der Waals surface area contributed by atoms with Crippen molar-refractivity contribution in [1.82, 2.24) is 0 Å². The first kappa shape index (κ1) is 20.9. The van der Waals surface area contributed by atoms with E-state index in [1.165, 1.54) is 24.3 Å². The highest BCUT2D eigenvalue weighted by molar-refractivity contribution is 7.90. The van der Waals surface area contributed by atoms with Gasteiger partial charge in [-0.2, -0.15) is 13.2 Å². The molecule has 0 aliphatic rings. The number of carboxylic acid groups (broad SMARTS) is 1. The van der Waals surface area contributed by atoms with Gasteiger partial charge in [0.1, 0.15) is 0 Å². The zero-order chi connectivity index (χ0) is 21.4. The van der Waals surface area contributed by atoms with Gasteiger partial charge < -0.3 is 5.11 Å². The molecule has 0 aromatic heterocycles. The van der Waals surface area contributed by atoms with Crippen molar-refractivity contribution in [2.24, 2.45) is 0 Å². The maximum atomic E-state index is 13.1. The van der Waals surface area contributed by atoms with Crippen LogP contribution < -0.4 is 0 Å². The van der Waals surface area contributed by atoms with Gasteiger partial charge in [0.15, 0.2) is 9.84 Å². The van der Waals surface area contributed by atoms with Crippen LogP contribution in [0.25, 0.3) is 10.8 Å². The molecule has 0 fully saturated rings. The molecule has 0 bridgehead atoms. The van der Waals surface area contributed by atoms with Crippen molar-refractivity contribution < 1.29 is 31.5 Å². The maximum Gasteiger partial charge on any atom is 0.416 e. The molecule has 0 amide bonds. The molecule has 3 aromatic rings. The molecule has 0 saturated heterocycles. The van der Waals surface area contributed by atoms with Gasteiger partial charge in [0.25, 0.3) is 0 Å². The van der Waals surface area contributed by atoms with E-state index in [0.717, 1.165) is 24.0 Å². The lowest BCUT2D eigenvalue weighted by Crippen LogP contribution is -2.05. The number of sulfone groups is 1. The summed E-state index contributed by atoms with van der Waals surface area (Å²) in [7, 11) is -3.34. The van der Waals surface area contributed by atoms with Gasteiger partial charge in [0.05, 0.1) is 16.9 Å². The highest BCUT2D eigenvalue weighted by Crippen LogP contribution is 2.33. The Labute approximate surface area is 165 Å². The van der Waals surface area contributed by atoms with E-state index in [1.807, 2.05) is 0 Å². The third-order valence-electron chi connectivity index (χ3n) is 4.53. The summed E-state index contributed by atoms with van der Waals surface area (Å²) in [5.74, 6) is -1.08. The Morgan fingerprint density at radius 1 is 0.966 bits per heavy atom. The van der Waals surface area contributed by atoms with E-state index in [9.17, 15) is 26.4 Å². The predicted octanol–water partition coefficient (Wildman–Crippen LogP) is 4.48. The van der Waals surface area contributed by atoms with E-state index in [1.54, 1.807) is 18.2 Å². The van der Waals surface area contributed by atoms with Gasteiger partial charge in [-0.25, -0.2) is 8.42 Å². The minimum absolute atomic E-state index is 0.167. The first-order chi connectivity index (χ1) is 13.4. The van der Waals surface area contributed by atoms with Crippen LogP contribution in [0.2, 0.25) is 0 Å². The fourth-order valence-corrected chi connectivity index (χ4v) is 3.82. The topological polar surface area (TPSA) is 71.4 Å². The summed E-state index contributed by atoms with van der Waals surface area (Å²) in [4.78, 5) is 11.3. The zero-order valence-corrected chi connectivity index (χ0v) is 16.1. The number of halogens is 3. The molecule has 0 spiro atoms. The Morgan fingerprint density at radius 2 is 1.62 bits per heavy atom. The quantitative estimate of drug-likeness (QED) is 0.658. The van der Waals surface area contributed by atoms with Crippen molar-refractivity contribution in [3.63, 3.8) is 0 Å². The Kier molecular flexibility index (Phi) is 5.40. The average molecular weight is 422 g/mol. The second kappa shape index (κ2) is 7.51. The van der Waals surface area contributed by atoms with Gasteiger partial charge in [0, 0.05) is 6.26 Å². The van der Waals surface area contributed by atoms with Gasteiger partial charge in [-0.05, 0) is 58.1 Å². The number of carbonyl (C=O) groups is 1. The molecule has 0 aliphatic heterocycles. The Hall–Kier alpha value is -2.87. The van der Waals surface area contributed by atoms with Crippen LogP contribution in [-0.4, -0.2) is 25.7 Å². The number of hydrogen-bond acceptors (Lipinski definition) is 3. The number of rotatable bonds is 5. The largest absolute Gasteiger partial charge is 0.481 e. The van der Waals surface area contributed by atoms with Crippen molar-refractivity contribution >= 4 is 26.6 Å². The first-order valence-corrected chi connectivity index (χ1v) is 10.5. The minimum Gasteiger partial charge on any atom is -0.481 e. The predicted molar refractivity (Wildman–Crippen MR) is 103 cm³/mol. The number of benzene rings is 3. The lowest BCUT2D eigenvalue weighted by molar-refractivity contribution is -0.138. The molecule has 8 heteroatoms. The normalized spacial score (nSPS) is 12.3. The van der Waals surface area contributed by atoms with Crippen LogP contribution in [0.15, 0.2) is 59.5 Å². The lowest BCUT2D eigenvalue weighted by atomic mass is 9.94. The monoisotopic (exact) mass is 422 g/mol. The molecule has 0 heterocycles. The molecule has 0 unspecified atom stereocenters. The molecule has 0 aliphatic carbocycles. The summed E-state index contributed by atoms with van der Waals surface area (Å²) >= 11 is 0. The summed E-state index contributed by atoms with van der Waals surface area (Å²) in [6.45, 7) is 0. The summed E-state index contributed by atoms with van der Waals surface area (Å²) in [5.41, 5.74) is 1.01. The van der Waals surface area contributed by atoms with Crippen molar-refractivity contribution in [1.29, 1.82) is 0 Å². The Bertz CT molecular complexity index is 1180. The van der Waals surface area contributed by atoms with Crippen LogP contribution in [0, 0.1) is 0 Å². The van der Waals surface area contributed by atoms with Crippen LogP contribution in [0.3, 0.4) is 0 Å². The van der Waals surface area contributed by atoms with Gasteiger partial charge in [-0.1, -0.05) is 30.3 Å². The molecule has 1 N–H and O–H groups in total. The Balaban J connectivity index is 2.08. The van der Waals surface area contributed by atoms with Crippen LogP contribution >= 0.6 is 0 Å². The summed E-state index contributed by atoms with van der Waals surface area (Å²) in [6.07, 6.45) is -3.40. The minimum atomic E-state index is -4.50. The standard InChI is InChI=1S/C21H17F3O4S/c1-29(27,28)18-5-2-13(3-6-18)8-15-9-14(11-20(25)26)10-16-12-17(21(22,23)24)4-7-19(15)16/h2-7,9-10,12H,8,11H2,1H3,(H,25,26). The highest BCUT2D eigenvalue weighted by Gasteiger charge is 2.30. The van der Waals surface area contributed by atoms with Crippen LogP contribution in [0.5, 0.6) is 0 Å². The molecule has 0 saturated carbocycles. The number of aliphatic carboxylic acids is 1. The smallest absolute Gasteiger partial charge is 0.416 e. The van der Waals surface area contributed by atoms with E-state index in [2.05, 4.69) is 0 Å². The molecule has 29 heavy (non-hydrogen) atoms. The van der Waals surface area contributed by atoms with Crippen LogP contribution in [-0.2, 0) is 33.6 Å². The van der Waals surface area contributed by atoms with Crippen molar-refractivity contribution in [3.05, 3.63) is 76.9 Å². The van der Waals surface area contributed by atoms with Gasteiger partial charge >= 0.3 is 12.1 Å². The SMILES string of the molecule is CS(=O)(=O)c1ccc(Cc2cc(CC(=O)O)cc3cc(C(F)(F)F)ccc23)cc1. The summed E-state index contributed by atoms with van der Waals surface area (Å²) in [6, 6.07) is 12.7. The third kappa shape index (κ3) is 4.95. The van der Waals surface area contributed by atoms with Gasteiger partial charge in [-0.15, -0.1) is 0 Å². The van der Waals surface area contributed by atoms with Crippen LogP contribution in [0.1, 0.15) is 22.3 Å². The lowest BCUT2D eigenvalue weighted by Gasteiger charge is -2.13.